The second kappa shape index (κ2) is 6.41. The minimum absolute atomic E-state index is 0.00900. The zero-order chi connectivity index (χ0) is 15.6. The van der Waals surface area contributed by atoms with Gasteiger partial charge in [0.15, 0.2) is 0 Å². The van der Waals surface area contributed by atoms with Crippen LogP contribution in [-0.2, 0) is 15.8 Å². The van der Waals surface area contributed by atoms with E-state index in [1.807, 2.05) is 18.2 Å². The molecule has 1 unspecified atom stereocenters. The zero-order valence-corrected chi connectivity index (χ0v) is 13.7. The molecule has 0 saturated carbocycles. The molecule has 1 saturated heterocycles. The molecule has 5 heteroatoms. The van der Waals surface area contributed by atoms with Gasteiger partial charge >= 0.3 is 0 Å². The van der Waals surface area contributed by atoms with Gasteiger partial charge in [0, 0.05) is 18.1 Å². The third kappa shape index (κ3) is 3.51. The van der Waals surface area contributed by atoms with Crippen molar-refractivity contribution in [3.05, 3.63) is 70.7 Å². The first-order chi connectivity index (χ1) is 10.5. The van der Waals surface area contributed by atoms with Crippen LogP contribution < -0.4 is 0 Å². The van der Waals surface area contributed by atoms with Crippen molar-refractivity contribution in [3.8, 4) is 0 Å². The maximum Gasteiger partial charge on any atom is 0.218 e. The summed E-state index contributed by atoms with van der Waals surface area (Å²) < 4.78 is 26.7. The summed E-state index contributed by atoms with van der Waals surface area (Å²) in [6, 6.07) is 17.2. The van der Waals surface area contributed by atoms with Crippen molar-refractivity contribution in [1.82, 2.24) is 4.31 Å². The second-order valence-corrected chi connectivity index (χ2v) is 8.05. The third-order valence-corrected chi connectivity index (χ3v) is 6.11. The predicted octanol–water partition coefficient (Wildman–Crippen LogP) is 3.66. The summed E-state index contributed by atoms with van der Waals surface area (Å²) in [5.41, 5.74) is 1.94. The van der Waals surface area contributed by atoms with Gasteiger partial charge in [-0.15, -0.1) is 0 Å². The molecule has 3 rings (SSSR count). The lowest BCUT2D eigenvalue weighted by Gasteiger charge is -2.17. The number of rotatable bonds is 4. The summed E-state index contributed by atoms with van der Waals surface area (Å²) in [6.45, 7) is 1.15. The highest BCUT2D eigenvalue weighted by Gasteiger charge is 2.32. The van der Waals surface area contributed by atoms with Crippen molar-refractivity contribution in [3.63, 3.8) is 0 Å². The Morgan fingerprint density at radius 3 is 2.59 bits per heavy atom. The molecule has 1 heterocycles. The van der Waals surface area contributed by atoms with E-state index in [9.17, 15) is 8.42 Å². The molecule has 1 aliphatic heterocycles. The monoisotopic (exact) mass is 335 g/mol. The van der Waals surface area contributed by atoms with Gasteiger partial charge in [-0.25, -0.2) is 12.7 Å². The average Bonchev–Trinajstić information content (AvgIpc) is 2.98. The lowest BCUT2D eigenvalue weighted by molar-refractivity contribution is 0.472. The van der Waals surface area contributed by atoms with Crippen LogP contribution in [0.5, 0.6) is 0 Å². The van der Waals surface area contributed by atoms with Crippen molar-refractivity contribution in [2.45, 2.75) is 18.1 Å². The molecule has 1 aliphatic rings. The summed E-state index contributed by atoms with van der Waals surface area (Å²) in [6.07, 6.45) is 0.874. The number of nitrogens with zero attached hydrogens (tertiary/aromatic N) is 1. The molecule has 1 fully saturated rings. The Kier molecular flexibility index (Phi) is 4.52. The summed E-state index contributed by atoms with van der Waals surface area (Å²) in [5, 5.41) is 0.566. The number of halogens is 1. The van der Waals surface area contributed by atoms with Gasteiger partial charge in [0.2, 0.25) is 10.0 Å². The Hall–Kier alpha value is -1.36. The van der Waals surface area contributed by atoms with Crippen LogP contribution in [0.2, 0.25) is 5.02 Å². The smallest absolute Gasteiger partial charge is 0.212 e. The Morgan fingerprint density at radius 2 is 1.86 bits per heavy atom. The minimum atomic E-state index is -3.30. The summed E-state index contributed by atoms with van der Waals surface area (Å²) >= 11 is 5.93. The Balaban J connectivity index is 1.71. The van der Waals surface area contributed by atoms with Gasteiger partial charge in [-0.2, -0.15) is 0 Å². The van der Waals surface area contributed by atoms with E-state index in [2.05, 4.69) is 12.1 Å². The Bertz CT molecular complexity index is 746. The average molecular weight is 336 g/mol. The van der Waals surface area contributed by atoms with Gasteiger partial charge in [0.1, 0.15) is 0 Å². The third-order valence-electron chi connectivity index (χ3n) is 4.05. The lowest BCUT2D eigenvalue weighted by Crippen LogP contribution is -2.29. The fourth-order valence-corrected chi connectivity index (χ4v) is 4.69. The van der Waals surface area contributed by atoms with E-state index in [1.165, 1.54) is 5.56 Å². The fourth-order valence-electron chi connectivity index (χ4n) is 2.91. The molecule has 116 valence electrons. The maximum atomic E-state index is 12.6. The van der Waals surface area contributed by atoms with Crippen LogP contribution in [0.25, 0.3) is 0 Å². The van der Waals surface area contributed by atoms with E-state index < -0.39 is 10.0 Å². The number of sulfonamides is 1. The molecule has 1 atom stereocenters. The van der Waals surface area contributed by atoms with Crippen LogP contribution in [0.1, 0.15) is 23.5 Å². The van der Waals surface area contributed by atoms with Crippen molar-refractivity contribution in [2.24, 2.45) is 0 Å². The molecular formula is C17H18ClNO2S. The molecule has 2 aromatic carbocycles. The first kappa shape index (κ1) is 15.5. The predicted molar refractivity (Wildman–Crippen MR) is 89.4 cm³/mol. The molecule has 22 heavy (non-hydrogen) atoms. The second-order valence-electron chi connectivity index (χ2n) is 5.64. The summed E-state index contributed by atoms with van der Waals surface area (Å²) in [7, 11) is -3.30. The van der Waals surface area contributed by atoms with Crippen LogP contribution in [0, 0.1) is 0 Å². The van der Waals surface area contributed by atoms with Gasteiger partial charge in [-0.05, 0) is 35.6 Å². The number of hydrogen-bond donors (Lipinski definition) is 0. The zero-order valence-electron chi connectivity index (χ0n) is 12.2. The van der Waals surface area contributed by atoms with Gasteiger partial charge < -0.3 is 0 Å². The Morgan fingerprint density at radius 1 is 1.09 bits per heavy atom. The normalized spacial score (nSPS) is 19.4. The number of hydrogen-bond acceptors (Lipinski definition) is 2. The summed E-state index contributed by atoms with van der Waals surface area (Å²) in [5.74, 6) is 0.296. The van der Waals surface area contributed by atoms with E-state index in [0.717, 1.165) is 12.0 Å². The molecule has 0 N–H and O–H groups in total. The highest BCUT2D eigenvalue weighted by atomic mass is 35.5. The topological polar surface area (TPSA) is 37.4 Å². The van der Waals surface area contributed by atoms with Crippen LogP contribution in [-0.4, -0.2) is 25.8 Å². The lowest BCUT2D eigenvalue weighted by atomic mass is 9.99. The van der Waals surface area contributed by atoms with Crippen LogP contribution in [0.4, 0.5) is 0 Å². The van der Waals surface area contributed by atoms with E-state index >= 15 is 0 Å². The van der Waals surface area contributed by atoms with Crippen LogP contribution >= 0.6 is 11.6 Å². The molecule has 0 aromatic heterocycles. The van der Waals surface area contributed by atoms with Gasteiger partial charge in [0.05, 0.1) is 5.75 Å². The molecule has 0 radical (unpaired) electrons. The van der Waals surface area contributed by atoms with E-state index in [0.29, 0.717) is 18.1 Å². The van der Waals surface area contributed by atoms with Crippen molar-refractivity contribution in [1.29, 1.82) is 0 Å². The molecule has 3 nitrogen and oxygen atoms in total. The molecule has 0 bridgehead atoms. The molecular weight excluding hydrogens is 318 g/mol. The highest BCUT2D eigenvalue weighted by Crippen LogP contribution is 2.29. The van der Waals surface area contributed by atoms with E-state index in [1.54, 1.807) is 28.6 Å². The molecule has 2 aromatic rings. The minimum Gasteiger partial charge on any atom is -0.212 e. The molecule has 0 spiro atoms. The largest absolute Gasteiger partial charge is 0.218 e. The van der Waals surface area contributed by atoms with Gasteiger partial charge in [-0.3, -0.25) is 0 Å². The van der Waals surface area contributed by atoms with Crippen LogP contribution in [0.3, 0.4) is 0 Å². The maximum absolute atomic E-state index is 12.6. The quantitative estimate of drug-likeness (QED) is 0.855. The fraction of sp³-hybridized carbons (Fsp3) is 0.294. The highest BCUT2D eigenvalue weighted by molar-refractivity contribution is 7.88. The standard InChI is InChI=1S/C17H18ClNO2S/c18-17-8-4-5-14(11-17)13-22(20,21)19-10-9-16(12-19)15-6-2-1-3-7-15/h1-8,11,16H,9-10,12-13H2. The van der Waals surface area contributed by atoms with Crippen molar-refractivity contribution in [2.75, 3.05) is 13.1 Å². The summed E-state index contributed by atoms with van der Waals surface area (Å²) in [4.78, 5) is 0. The molecule has 0 amide bonds. The van der Waals surface area contributed by atoms with Gasteiger partial charge in [0.25, 0.3) is 0 Å². The van der Waals surface area contributed by atoms with E-state index in [4.69, 9.17) is 11.6 Å². The van der Waals surface area contributed by atoms with Crippen molar-refractivity contribution >= 4 is 21.6 Å². The van der Waals surface area contributed by atoms with Crippen LogP contribution in [0.15, 0.2) is 54.6 Å². The first-order valence-electron chi connectivity index (χ1n) is 7.32. The van der Waals surface area contributed by atoms with Crippen molar-refractivity contribution < 1.29 is 8.42 Å². The Labute approximate surface area is 136 Å². The first-order valence-corrected chi connectivity index (χ1v) is 9.30. The van der Waals surface area contributed by atoms with Gasteiger partial charge in [-0.1, -0.05) is 54.1 Å². The SMILES string of the molecule is O=S(=O)(Cc1cccc(Cl)c1)N1CCC(c2ccccc2)C1. The molecule has 0 aliphatic carbocycles. The van der Waals surface area contributed by atoms with E-state index in [-0.39, 0.29) is 11.7 Å². The number of benzene rings is 2.